The summed E-state index contributed by atoms with van der Waals surface area (Å²) in [6.07, 6.45) is 7.14. The van der Waals surface area contributed by atoms with Crippen molar-refractivity contribution in [2.75, 3.05) is 7.11 Å². The van der Waals surface area contributed by atoms with Crippen LogP contribution in [0.3, 0.4) is 0 Å². The maximum absolute atomic E-state index is 6.27. The van der Waals surface area contributed by atoms with E-state index in [4.69, 9.17) is 21.3 Å². The first kappa shape index (κ1) is 17.5. The van der Waals surface area contributed by atoms with E-state index in [1.54, 1.807) is 7.11 Å². The van der Waals surface area contributed by atoms with Crippen LogP contribution in [0.15, 0.2) is 59.9 Å². The Kier molecular flexibility index (Phi) is 5.23. The zero-order chi connectivity index (χ0) is 17.9. The minimum atomic E-state index is 0.652. The Morgan fingerprint density at radius 2 is 1.88 bits per heavy atom. The van der Waals surface area contributed by atoms with Gasteiger partial charge in [-0.2, -0.15) is 0 Å². The topological polar surface area (TPSA) is 27.1 Å². The fourth-order valence-electron chi connectivity index (χ4n) is 3.40. The number of thioether (sulfide) groups is 1. The predicted octanol–water partition coefficient (Wildman–Crippen LogP) is 6.24. The number of imidazole rings is 1. The van der Waals surface area contributed by atoms with Gasteiger partial charge in [-0.3, -0.25) is 4.57 Å². The predicted molar refractivity (Wildman–Crippen MR) is 109 cm³/mol. The summed E-state index contributed by atoms with van der Waals surface area (Å²) in [6, 6.07) is 16.1. The lowest BCUT2D eigenvalue weighted by Crippen LogP contribution is -2.02. The Bertz CT molecular complexity index is 885. The quantitative estimate of drug-likeness (QED) is 0.521. The molecule has 0 unspecified atom stereocenters. The maximum atomic E-state index is 6.27. The van der Waals surface area contributed by atoms with Crippen LogP contribution in [0, 0.1) is 0 Å². The summed E-state index contributed by atoms with van der Waals surface area (Å²) in [5.74, 6) is 0.850. The molecule has 1 saturated carbocycles. The Hall–Kier alpha value is -1.91. The molecule has 0 amide bonds. The maximum Gasteiger partial charge on any atom is 0.173 e. The van der Waals surface area contributed by atoms with E-state index in [9.17, 15) is 0 Å². The average molecular weight is 385 g/mol. The molecule has 1 aliphatic carbocycles. The fourth-order valence-corrected chi connectivity index (χ4v) is 4.88. The Morgan fingerprint density at radius 1 is 1.12 bits per heavy atom. The summed E-state index contributed by atoms with van der Waals surface area (Å²) in [4.78, 5) is 4.76. The zero-order valence-corrected chi connectivity index (χ0v) is 16.3. The Morgan fingerprint density at radius 3 is 2.58 bits per heavy atom. The molecule has 0 aliphatic heterocycles. The first-order valence-corrected chi connectivity index (χ1v) is 10.1. The number of rotatable bonds is 5. The minimum Gasteiger partial charge on any atom is -0.497 e. The van der Waals surface area contributed by atoms with Crippen LogP contribution in [0.4, 0.5) is 0 Å². The van der Waals surface area contributed by atoms with Gasteiger partial charge in [-0.1, -0.05) is 42.3 Å². The molecular formula is C21H21ClN2OS. The van der Waals surface area contributed by atoms with E-state index in [2.05, 4.69) is 22.8 Å². The number of hydrogen-bond acceptors (Lipinski definition) is 3. The van der Waals surface area contributed by atoms with Crippen molar-refractivity contribution < 1.29 is 4.74 Å². The van der Waals surface area contributed by atoms with Gasteiger partial charge >= 0.3 is 0 Å². The van der Waals surface area contributed by atoms with Crippen molar-refractivity contribution >= 4 is 23.4 Å². The molecule has 26 heavy (non-hydrogen) atoms. The number of ether oxygens (including phenoxy) is 1. The molecule has 1 heterocycles. The van der Waals surface area contributed by atoms with Crippen molar-refractivity contribution in [1.82, 2.24) is 9.55 Å². The normalized spacial score (nSPS) is 14.7. The number of aromatic nitrogens is 2. The van der Waals surface area contributed by atoms with E-state index in [1.165, 1.54) is 25.7 Å². The van der Waals surface area contributed by atoms with Crippen LogP contribution in [-0.4, -0.2) is 21.9 Å². The van der Waals surface area contributed by atoms with Gasteiger partial charge in [0.25, 0.3) is 0 Å². The molecule has 0 N–H and O–H groups in total. The van der Waals surface area contributed by atoms with E-state index < -0.39 is 0 Å². The van der Waals surface area contributed by atoms with Crippen molar-refractivity contribution in [2.24, 2.45) is 0 Å². The highest BCUT2D eigenvalue weighted by Crippen LogP contribution is 2.38. The molecule has 0 radical (unpaired) electrons. The van der Waals surface area contributed by atoms with E-state index in [0.29, 0.717) is 5.25 Å². The Balaban J connectivity index is 1.78. The molecule has 0 bridgehead atoms. The third-order valence-corrected chi connectivity index (χ3v) is 6.29. The molecule has 4 rings (SSSR count). The summed E-state index contributed by atoms with van der Waals surface area (Å²) in [7, 11) is 1.68. The fraction of sp³-hybridized carbons (Fsp3) is 0.286. The number of hydrogen-bond donors (Lipinski definition) is 0. The third kappa shape index (κ3) is 3.62. The van der Waals surface area contributed by atoms with Gasteiger partial charge in [-0.05, 0) is 55.3 Å². The van der Waals surface area contributed by atoms with Crippen LogP contribution in [0.1, 0.15) is 25.7 Å². The van der Waals surface area contributed by atoms with Gasteiger partial charge in [0.05, 0.1) is 19.0 Å². The molecular weight excluding hydrogens is 364 g/mol. The Labute approximate surface area is 163 Å². The van der Waals surface area contributed by atoms with Gasteiger partial charge < -0.3 is 4.74 Å². The molecule has 2 aromatic carbocycles. The third-order valence-electron chi connectivity index (χ3n) is 4.76. The molecule has 0 atom stereocenters. The molecule has 1 fully saturated rings. The summed E-state index contributed by atoms with van der Waals surface area (Å²) >= 11 is 8.15. The lowest BCUT2D eigenvalue weighted by Gasteiger charge is -2.15. The second-order valence-corrected chi connectivity index (χ2v) is 8.20. The van der Waals surface area contributed by atoms with Gasteiger partial charge in [0, 0.05) is 21.5 Å². The second-order valence-electron chi connectivity index (χ2n) is 6.49. The van der Waals surface area contributed by atoms with Crippen LogP contribution in [-0.2, 0) is 0 Å². The molecule has 1 aromatic heterocycles. The van der Waals surface area contributed by atoms with E-state index >= 15 is 0 Å². The molecule has 3 aromatic rings. The number of benzene rings is 2. The minimum absolute atomic E-state index is 0.652. The molecule has 5 heteroatoms. The van der Waals surface area contributed by atoms with E-state index in [1.807, 2.05) is 48.3 Å². The molecule has 3 nitrogen and oxygen atoms in total. The van der Waals surface area contributed by atoms with Crippen LogP contribution >= 0.6 is 23.4 Å². The van der Waals surface area contributed by atoms with Crippen molar-refractivity contribution in [2.45, 2.75) is 36.1 Å². The van der Waals surface area contributed by atoms with Gasteiger partial charge in [0.15, 0.2) is 5.16 Å². The monoisotopic (exact) mass is 384 g/mol. The molecule has 134 valence electrons. The summed E-state index contributed by atoms with van der Waals surface area (Å²) < 4.78 is 7.50. The zero-order valence-electron chi connectivity index (χ0n) is 14.7. The molecule has 0 saturated heterocycles. The van der Waals surface area contributed by atoms with Crippen molar-refractivity contribution in [3.05, 3.63) is 59.8 Å². The van der Waals surface area contributed by atoms with Crippen LogP contribution < -0.4 is 4.74 Å². The summed E-state index contributed by atoms with van der Waals surface area (Å²) in [5.41, 5.74) is 3.22. The van der Waals surface area contributed by atoms with Crippen LogP contribution in [0.5, 0.6) is 5.75 Å². The van der Waals surface area contributed by atoms with Gasteiger partial charge in [-0.15, -0.1) is 0 Å². The van der Waals surface area contributed by atoms with Crippen LogP contribution in [0.25, 0.3) is 16.9 Å². The second kappa shape index (κ2) is 7.77. The van der Waals surface area contributed by atoms with E-state index in [-0.39, 0.29) is 0 Å². The number of methoxy groups -OCH3 is 1. The van der Waals surface area contributed by atoms with Gasteiger partial charge in [-0.25, -0.2) is 4.98 Å². The summed E-state index contributed by atoms with van der Waals surface area (Å²) in [5, 5.41) is 2.41. The molecule has 0 spiro atoms. The highest BCUT2D eigenvalue weighted by Gasteiger charge is 2.21. The van der Waals surface area contributed by atoms with Crippen LogP contribution in [0.2, 0.25) is 5.02 Å². The lowest BCUT2D eigenvalue weighted by atomic mass is 10.1. The van der Waals surface area contributed by atoms with Crippen molar-refractivity contribution in [3.63, 3.8) is 0 Å². The van der Waals surface area contributed by atoms with Gasteiger partial charge in [0.1, 0.15) is 5.75 Å². The number of nitrogens with zero attached hydrogens (tertiary/aromatic N) is 2. The first-order chi connectivity index (χ1) is 12.7. The number of halogens is 1. The summed E-state index contributed by atoms with van der Waals surface area (Å²) in [6.45, 7) is 0. The van der Waals surface area contributed by atoms with E-state index in [0.717, 1.165) is 32.9 Å². The smallest absolute Gasteiger partial charge is 0.173 e. The first-order valence-electron chi connectivity index (χ1n) is 8.89. The standard InChI is InChI=1S/C21H21ClN2OS/c1-25-18-11-9-15(10-12-18)20-14-23-21(26-19-7-2-3-8-19)24(20)17-6-4-5-16(22)13-17/h4-6,9-14,19H,2-3,7-8H2,1H3. The highest BCUT2D eigenvalue weighted by atomic mass is 35.5. The molecule has 1 aliphatic rings. The highest BCUT2D eigenvalue weighted by molar-refractivity contribution is 7.99. The van der Waals surface area contributed by atoms with Crippen molar-refractivity contribution in [3.8, 4) is 22.7 Å². The largest absolute Gasteiger partial charge is 0.497 e. The SMILES string of the molecule is COc1ccc(-c2cnc(SC3CCCC3)n2-c2cccc(Cl)c2)cc1. The lowest BCUT2D eigenvalue weighted by molar-refractivity contribution is 0.415. The van der Waals surface area contributed by atoms with Gasteiger partial charge in [0.2, 0.25) is 0 Å². The van der Waals surface area contributed by atoms with Crippen molar-refractivity contribution in [1.29, 1.82) is 0 Å². The average Bonchev–Trinajstić information content (AvgIpc) is 3.32.